The Hall–Kier alpha value is -1.36. The van der Waals surface area contributed by atoms with Gasteiger partial charge >= 0.3 is 0 Å². The van der Waals surface area contributed by atoms with Crippen LogP contribution in [0.25, 0.3) is 0 Å². The third kappa shape index (κ3) is 3.60. The molecule has 1 fully saturated rings. The molecule has 1 aliphatic heterocycles. The number of hydrogen-bond donors (Lipinski definition) is 1. The lowest BCUT2D eigenvalue weighted by atomic mass is 10.1. The van der Waals surface area contributed by atoms with Crippen LogP contribution in [0.4, 0.5) is 0 Å². The van der Waals surface area contributed by atoms with Crippen molar-refractivity contribution in [3.63, 3.8) is 0 Å². The summed E-state index contributed by atoms with van der Waals surface area (Å²) < 4.78 is 2.09. The molecule has 1 aliphatic rings. The summed E-state index contributed by atoms with van der Waals surface area (Å²) in [6, 6.07) is 8.26. The van der Waals surface area contributed by atoms with Gasteiger partial charge in [-0.3, -0.25) is 9.58 Å². The summed E-state index contributed by atoms with van der Waals surface area (Å²) in [6.45, 7) is 10.3. The van der Waals surface area contributed by atoms with Crippen molar-refractivity contribution in [3.05, 3.63) is 51.8 Å². The van der Waals surface area contributed by atoms with Gasteiger partial charge in [0.15, 0.2) is 0 Å². The molecule has 1 saturated heterocycles. The second-order valence-corrected chi connectivity index (χ2v) is 7.21. The number of hydrogen-bond acceptors (Lipinski definition) is 3. The van der Waals surface area contributed by atoms with Crippen LogP contribution in [0.1, 0.15) is 29.4 Å². The van der Waals surface area contributed by atoms with Crippen molar-refractivity contribution in [2.24, 2.45) is 11.7 Å². The van der Waals surface area contributed by atoms with E-state index >= 15 is 0 Å². The summed E-state index contributed by atoms with van der Waals surface area (Å²) in [5, 5.41) is 5.50. The number of aromatic nitrogens is 2. The lowest BCUT2D eigenvalue weighted by molar-refractivity contribution is 0.317. The monoisotopic (exact) mass is 332 g/mol. The first-order chi connectivity index (χ1) is 10.9. The van der Waals surface area contributed by atoms with Crippen molar-refractivity contribution >= 4 is 11.6 Å². The number of likely N-dealkylation sites (tertiary alicyclic amines) is 1. The second kappa shape index (κ2) is 6.63. The van der Waals surface area contributed by atoms with Crippen molar-refractivity contribution in [2.75, 3.05) is 13.1 Å². The maximum absolute atomic E-state index is 6.14. The molecule has 2 N–H and O–H groups in total. The summed E-state index contributed by atoms with van der Waals surface area (Å²) >= 11 is 5.96. The molecule has 0 saturated carbocycles. The van der Waals surface area contributed by atoms with Crippen LogP contribution in [-0.2, 0) is 13.1 Å². The smallest absolute Gasteiger partial charge is 0.0662 e. The molecule has 2 aromatic rings. The zero-order valence-corrected chi connectivity index (χ0v) is 14.8. The van der Waals surface area contributed by atoms with E-state index in [0.717, 1.165) is 36.9 Å². The molecular formula is C18H25ClN4. The van der Waals surface area contributed by atoms with Crippen molar-refractivity contribution < 1.29 is 0 Å². The fraction of sp³-hybridized carbons (Fsp3) is 0.500. The zero-order chi connectivity index (χ0) is 16.6. The fourth-order valence-electron chi connectivity index (χ4n) is 3.33. The van der Waals surface area contributed by atoms with E-state index in [2.05, 4.69) is 42.5 Å². The number of nitrogens with two attached hydrogens (primary N) is 1. The highest BCUT2D eigenvalue weighted by Gasteiger charge is 2.27. The van der Waals surface area contributed by atoms with Gasteiger partial charge in [0.25, 0.3) is 0 Å². The van der Waals surface area contributed by atoms with E-state index in [1.54, 1.807) is 0 Å². The highest BCUT2D eigenvalue weighted by atomic mass is 35.5. The lowest BCUT2D eigenvalue weighted by Gasteiger charge is -2.15. The molecule has 0 spiro atoms. The van der Waals surface area contributed by atoms with Crippen LogP contribution in [0, 0.1) is 19.8 Å². The van der Waals surface area contributed by atoms with Crippen LogP contribution in [0.15, 0.2) is 24.3 Å². The van der Waals surface area contributed by atoms with Gasteiger partial charge in [-0.15, -0.1) is 0 Å². The Bertz CT molecular complexity index is 667. The molecule has 23 heavy (non-hydrogen) atoms. The van der Waals surface area contributed by atoms with E-state index in [0.29, 0.717) is 12.0 Å². The molecule has 0 amide bonds. The first-order valence-electron chi connectivity index (χ1n) is 8.19. The van der Waals surface area contributed by atoms with Crippen molar-refractivity contribution in [1.29, 1.82) is 0 Å². The van der Waals surface area contributed by atoms with Crippen molar-refractivity contribution in [2.45, 2.75) is 39.9 Å². The standard InChI is InChI=1S/C18H25ClN4/c1-12-8-22(11-18(12)20)10-17-13(2)21-23(14(17)3)9-15-4-6-16(19)7-5-15/h4-7,12,18H,8-11,20H2,1-3H3. The summed E-state index contributed by atoms with van der Waals surface area (Å²) in [7, 11) is 0. The van der Waals surface area contributed by atoms with Crippen LogP contribution in [0.3, 0.4) is 0 Å². The predicted octanol–water partition coefficient (Wildman–Crippen LogP) is 2.98. The topological polar surface area (TPSA) is 47.1 Å². The number of benzene rings is 1. The molecule has 1 aromatic heterocycles. The first kappa shape index (κ1) is 16.5. The maximum atomic E-state index is 6.14. The minimum absolute atomic E-state index is 0.291. The maximum Gasteiger partial charge on any atom is 0.0662 e. The SMILES string of the molecule is Cc1nn(Cc2ccc(Cl)cc2)c(C)c1CN1CC(C)C(N)C1. The summed E-state index contributed by atoms with van der Waals surface area (Å²) in [5.41, 5.74) is 11.0. The molecule has 0 radical (unpaired) electrons. The van der Waals surface area contributed by atoms with Crippen LogP contribution in [0.5, 0.6) is 0 Å². The van der Waals surface area contributed by atoms with Gasteiger partial charge < -0.3 is 5.73 Å². The molecule has 1 aromatic carbocycles. The van der Waals surface area contributed by atoms with Gasteiger partial charge in [-0.1, -0.05) is 30.7 Å². The highest BCUT2D eigenvalue weighted by molar-refractivity contribution is 6.30. The number of nitrogens with zero attached hydrogens (tertiary/aromatic N) is 3. The summed E-state index contributed by atoms with van der Waals surface area (Å²) in [4.78, 5) is 2.44. The molecule has 0 aliphatic carbocycles. The first-order valence-corrected chi connectivity index (χ1v) is 8.57. The fourth-order valence-corrected chi connectivity index (χ4v) is 3.45. The van der Waals surface area contributed by atoms with Gasteiger partial charge in [0.05, 0.1) is 12.2 Å². The van der Waals surface area contributed by atoms with Gasteiger partial charge in [-0.05, 0) is 37.5 Å². The molecule has 0 bridgehead atoms. The summed E-state index contributed by atoms with van der Waals surface area (Å²) in [5.74, 6) is 0.569. The average molecular weight is 333 g/mol. The van der Waals surface area contributed by atoms with Gasteiger partial charge in [-0.25, -0.2) is 0 Å². The molecule has 124 valence electrons. The third-order valence-electron chi connectivity index (χ3n) is 4.90. The van der Waals surface area contributed by atoms with Gasteiger partial charge in [-0.2, -0.15) is 5.10 Å². The Morgan fingerprint density at radius 2 is 1.87 bits per heavy atom. The van der Waals surface area contributed by atoms with E-state index in [1.165, 1.54) is 16.8 Å². The minimum atomic E-state index is 0.291. The predicted molar refractivity (Wildman–Crippen MR) is 94.7 cm³/mol. The van der Waals surface area contributed by atoms with Crippen LogP contribution in [-0.4, -0.2) is 33.8 Å². The van der Waals surface area contributed by atoms with E-state index in [4.69, 9.17) is 22.4 Å². The molecule has 2 atom stereocenters. The molecular weight excluding hydrogens is 308 g/mol. The van der Waals surface area contributed by atoms with Crippen LogP contribution < -0.4 is 5.73 Å². The van der Waals surface area contributed by atoms with E-state index in [1.807, 2.05) is 12.1 Å². The third-order valence-corrected chi connectivity index (χ3v) is 5.16. The Morgan fingerprint density at radius 3 is 2.48 bits per heavy atom. The Balaban J connectivity index is 1.75. The highest BCUT2D eigenvalue weighted by Crippen LogP contribution is 2.22. The lowest BCUT2D eigenvalue weighted by Crippen LogP contribution is -2.28. The van der Waals surface area contributed by atoms with Crippen molar-refractivity contribution in [1.82, 2.24) is 14.7 Å². The quantitative estimate of drug-likeness (QED) is 0.936. The van der Waals surface area contributed by atoms with Gasteiger partial charge in [0.2, 0.25) is 0 Å². The average Bonchev–Trinajstić information content (AvgIpc) is 2.96. The van der Waals surface area contributed by atoms with Crippen molar-refractivity contribution in [3.8, 4) is 0 Å². The largest absolute Gasteiger partial charge is 0.326 e. The van der Waals surface area contributed by atoms with E-state index in [9.17, 15) is 0 Å². The number of halogens is 1. The van der Waals surface area contributed by atoms with E-state index < -0.39 is 0 Å². The minimum Gasteiger partial charge on any atom is -0.326 e. The molecule has 5 heteroatoms. The summed E-state index contributed by atoms with van der Waals surface area (Å²) in [6.07, 6.45) is 0. The normalized spacial score (nSPS) is 22.0. The molecule has 4 nitrogen and oxygen atoms in total. The van der Waals surface area contributed by atoms with Gasteiger partial charge in [0.1, 0.15) is 0 Å². The van der Waals surface area contributed by atoms with E-state index in [-0.39, 0.29) is 0 Å². The number of rotatable bonds is 4. The second-order valence-electron chi connectivity index (χ2n) is 6.77. The Kier molecular flexibility index (Phi) is 4.76. The van der Waals surface area contributed by atoms with Crippen LogP contribution >= 0.6 is 11.6 Å². The Labute approximate surface area is 143 Å². The zero-order valence-electron chi connectivity index (χ0n) is 14.1. The Morgan fingerprint density at radius 1 is 1.17 bits per heavy atom. The molecule has 2 heterocycles. The molecule has 2 unspecified atom stereocenters. The number of aryl methyl sites for hydroxylation is 1. The van der Waals surface area contributed by atoms with Gasteiger partial charge in [0, 0.05) is 42.0 Å². The van der Waals surface area contributed by atoms with Crippen LogP contribution in [0.2, 0.25) is 5.02 Å². The molecule has 3 rings (SSSR count).